The lowest BCUT2D eigenvalue weighted by Crippen LogP contribution is -2.49. The molecule has 100 valence electrons. The first-order valence-electron chi connectivity index (χ1n) is 6.75. The summed E-state index contributed by atoms with van der Waals surface area (Å²) in [7, 11) is 2.15. The number of piperazine rings is 1. The molecular formula is C13H26N2O2. The van der Waals surface area contributed by atoms with Gasteiger partial charge in [0.1, 0.15) is 0 Å². The fraction of sp³-hybridized carbons (Fsp3) is 0.923. The van der Waals surface area contributed by atoms with Gasteiger partial charge in [-0.2, -0.15) is 0 Å². The van der Waals surface area contributed by atoms with Crippen LogP contribution in [-0.4, -0.2) is 61.6 Å². The quantitative estimate of drug-likeness (QED) is 0.658. The first-order chi connectivity index (χ1) is 8.17. The van der Waals surface area contributed by atoms with Crippen molar-refractivity contribution in [1.29, 1.82) is 0 Å². The molecule has 1 atom stereocenters. The minimum absolute atomic E-state index is 0.0510. The van der Waals surface area contributed by atoms with Crippen LogP contribution in [0.4, 0.5) is 0 Å². The van der Waals surface area contributed by atoms with E-state index in [0.717, 1.165) is 39.0 Å². The molecule has 1 aliphatic rings. The Morgan fingerprint density at radius 3 is 2.41 bits per heavy atom. The van der Waals surface area contributed by atoms with Crippen LogP contribution in [0.2, 0.25) is 0 Å². The summed E-state index contributed by atoms with van der Waals surface area (Å²) in [6.07, 6.45) is 2.75. The third-order valence-corrected chi connectivity index (χ3v) is 3.38. The highest BCUT2D eigenvalue weighted by Crippen LogP contribution is 2.14. The topological polar surface area (TPSA) is 32.8 Å². The van der Waals surface area contributed by atoms with E-state index in [4.69, 9.17) is 4.74 Å². The Hall–Kier alpha value is -0.610. The lowest BCUT2D eigenvalue weighted by molar-refractivity contribution is -0.144. The summed E-state index contributed by atoms with van der Waals surface area (Å²) in [5.74, 6) is -0.0510. The van der Waals surface area contributed by atoms with Crippen LogP contribution in [0.1, 0.15) is 33.1 Å². The highest BCUT2D eigenvalue weighted by atomic mass is 16.5. The van der Waals surface area contributed by atoms with Crippen molar-refractivity contribution in [3.8, 4) is 0 Å². The van der Waals surface area contributed by atoms with Crippen molar-refractivity contribution in [2.75, 3.05) is 39.8 Å². The van der Waals surface area contributed by atoms with Crippen LogP contribution in [0.3, 0.4) is 0 Å². The van der Waals surface area contributed by atoms with Gasteiger partial charge in [-0.3, -0.25) is 9.69 Å². The second-order valence-electron chi connectivity index (χ2n) is 4.79. The van der Waals surface area contributed by atoms with Crippen molar-refractivity contribution in [3.05, 3.63) is 0 Å². The molecule has 17 heavy (non-hydrogen) atoms. The summed E-state index contributed by atoms with van der Waals surface area (Å²) in [4.78, 5) is 16.4. The van der Waals surface area contributed by atoms with Gasteiger partial charge in [0.2, 0.25) is 0 Å². The van der Waals surface area contributed by atoms with Crippen LogP contribution in [0.25, 0.3) is 0 Å². The van der Waals surface area contributed by atoms with Gasteiger partial charge in [0.05, 0.1) is 13.0 Å². The van der Waals surface area contributed by atoms with Crippen molar-refractivity contribution < 1.29 is 9.53 Å². The summed E-state index contributed by atoms with van der Waals surface area (Å²) >= 11 is 0. The smallest absolute Gasteiger partial charge is 0.307 e. The molecule has 0 spiro atoms. The van der Waals surface area contributed by atoms with E-state index in [2.05, 4.69) is 23.8 Å². The maximum atomic E-state index is 11.6. The zero-order valence-electron chi connectivity index (χ0n) is 11.4. The van der Waals surface area contributed by atoms with Crippen molar-refractivity contribution in [2.24, 2.45) is 0 Å². The Labute approximate surface area is 105 Å². The zero-order valence-corrected chi connectivity index (χ0v) is 11.4. The molecule has 0 aromatic heterocycles. The van der Waals surface area contributed by atoms with Gasteiger partial charge < -0.3 is 9.64 Å². The molecule has 0 radical (unpaired) electrons. The number of rotatable bonds is 6. The second-order valence-corrected chi connectivity index (χ2v) is 4.79. The van der Waals surface area contributed by atoms with Gasteiger partial charge in [-0.05, 0) is 20.4 Å². The van der Waals surface area contributed by atoms with Gasteiger partial charge in [-0.1, -0.05) is 13.3 Å². The summed E-state index contributed by atoms with van der Waals surface area (Å²) in [5.41, 5.74) is 0. The maximum absolute atomic E-state index is 11.6. The molecule has 4 heteroatoms. The van der Waals surface area contributed by atoms with E-state index in [1.807, 2.05) is 6.92 Å². The van der Waals surface area contributed by atoms with Crippen LogP contribution in [0.15, 0.2) is 0 Å². The Morgan fingerprint density at radius 2 is 1.88 bits per heavy atom. The highest BCUT2D eigenvalue weighted by molar-refractivity contribution is 5.70. The highest BCUT2D eigenvalue weighted by Gasteiger charge is 2.24. The largest absolute Gasteiger partial charge is 0.466 e. The summed E-state index contributed by atoms with van der Waals surface area (Å²) in [6, 6.07) is 0.368. The number of likely N-dealkylation sites (N-methyl/N-ethyl adjacent to an activating group) is 1. The average Bonchev–Trinajstić information content (AvgIpc) is 2.30. The van der Waals surface area contributed by atoms with E-state index in [0.29, 0.717) is 19.1 Å². The number of esters is 1. The third-order valence-electron chi connectivity index (χ3n) is 3.38. The van der Waals surface area contributed by atoms with E-state index >= 15 is 0 Å². The van der Waals surface area contributed by atoms with Gasteiger partial charge in [-0.25, -0.2) is 0 Å². The second kappa shape index (κ2) is 7.67. The SMILES string of the molecule is CCCC(CC(=O)OCC)N1CCN(C)CC1. The molecule has 1 fully saturated rings. The van der Waals surface area contributed by atoms with Crippen LogP contribution in [0.5, 0.6) is 0 Å². The van der Waals surface area contributed by atoms with Gasteiger partial charge in [0.25, 0.3) is 0 Å². The number of hydrogen-bond donors (Lipinski definition) is 0. The Morgan fingerprint density at radius 1 is 1.24 bits per heavy atom. The van der Waals surface area contributed by atoms with Crippen LogP contribution < -0.4 is 0 Å². The molecule has 1 aliphatic heterocycles. The standard InChI is InChI=1S/C13H26N2O2/c1-4-6-12(11-13(16)17-5-2)15-9-7-14(3)8-10-15/h12H,4-11H2,1-3H3. The van der Waals surface area contributed by atoms with E-state index in [-0.39, 0.29) is 5.97 Å². The van der Waals surface area contributed by atoms with Crippen molar-refractivity contribution in [2.45, 2.75) is 39.2 Å². The van der Waals surface area contributed by atoms with Gasteiger partial charge in [0, 0.05) is 32.2 Å². The molecule has 1 unspecified atom stereocenters. The molecule has 1 saturated heterocycles. The Bertz CT molecular complexity index is 225. The Kier molecular flexibility index (Phi) is 6.52. The summed E-state index contributed by atoms with van der Waals surface area (Å²) in [6.45, 7) is 8.87. The number of carbonyl (C=O) groups is 1. The van der Waals surface area contributed by atoms with Crippen molar-refractivity contribution in [1.82, 2.24) is 9.80 Å². The van der Waals surface area contributed by atoms with E-state index in [9.17, 15) is 4.79 Å². The minimum atomic E-state index is -0.0510. The number of ether oxygens (including phenoxy) is 1. The summed E-state index contributed by atoms with van der Waals surface area (Å²) in [5, 5.41) is 0. The predicted octanol–water partition coefficient (Wildman–Crippen LogP) is 1.36. The third kappa shape index (κ3) is 5.04. The fourth-order valence-electron chi connectivity index (χ4n) is 2.35. The molecule has 4 nitrogen and oxygen atoms in total. The zero-order chi connectivity index (χ0) is 12.7. The minimum Gasteiger partial charge on any atom is -0.466 e. The first-order valence-corrected chi connectivity index (χ1v) is 6.75. The maximum Gasteiger partial charge on any atom is 0.307 e. The first kappa shape index (κ1) is 14.5. The normalized spacial score (nSPS) is 20.2. The van der Waals surface area contributed by atoms with E-state index in [1.54, 1.807) is 0 Å². The molecule has 0 bridgehead atoms. The fourth-order valence-corrected chi connectivity index (χ4v) is 2.35. The molecule has 0 amide bonds. The Balaban J connectivity index is 2.44. The van der Waals surface area contributed by atoms with Gasteiger partial charge >= 0.3 is 5.97 Å². The average molecular weight is 242 g/mol. The van der Waals surface area contributed by atoms with Crippen LogP contribution in [0, 0.1) is 0 Å². The molecule has 1 heterocycles. The number of hydrogen-bond acceptors (Lipinski definition) is 4. The molecule has 0 saturated carbocycles. The van der Waals surface area contributed by atoms with Crippen molar-refractivity contribution >= 4 is 5.97 Å². The number of nitrogens with zero attached hydrogens (tertiary/aromatic N) is 2. The lowest BCUT2D eigenvalue weighted by atomic mass is 10.1. The molecule has 0 N–H and O–H groups in total. The molecule has 1 rings (SSSR count). The number of carbonyl (C=O) groups excluding carboxylic acids is 1. The molecular weight excluding hydrogens is 216 g/mol. The lowest BCUT2D eigenvalue weighted by Gasteiger charge is -2.37. The van der Waals surface area contributed by atoms with Crippen molar-refractivity contribution in [3.63, 3.8) is 0 Å². The predicted molar refractivity (Wildman–Crippen MR) is 69.0 cm³/mol. The molecule has 0 aliphatic carbocycles. The molecule has 0 aromatic rings. The monoisotopic (exact) mass is 242 g/mol. The van der Waals surface area contributed by atoms with Gasteiger partial charge in [0.15, 0.2) is 0 Å². The summed E-state index contributed by atoms with van der Waals surface area (Å²) < 4.78 is 5.05. The van der Waals surface area contributed by atoms with E-state index < -0.39 is 0 Å². The van der Waals surface area contributed by atoms with Crippen LogP contribution in [-0.2, 0) is 9.53 Å². The van der Waals surface area contributed by atoms with Crippen LogP contribution >= 0.6 is 0 Å². The van der Waals surface area contributed by atoms with Gasteiger partial charge in [-0.15, -0.1) is 0 Å². The molecule has 0 aromatic carbocycles. The van der Waals surface area contributed by atoms with E-state index in [1.165, 1.54) is 0 Å².